The first-order valence-electron chi connectivity index (χ1n) is 6.82. The molecule has 7 heteroatoms. The predicted octanol–water partition coefficient (Wildman–Crippen LogP) is 3.25. The van der Waals surface area contributed by atoms with Crippen LogP contribution in [0.3, 0.4) is 0 Å². The molecule has 5 nitrogen and oxygen atoms in total. The monoisotopic (exact) mass is 332 g/mol. The lowest BCUT2D eigenvalue weighted by Crippen LogP contribution is -2.44. The Labute approximate surface area is 136 Å². The molecule has 0 bridgehead atoms. The number of nitriles is 1. The Hall–Kier alpha value is -2.10. The maximum absolute atomic E-state index is 12.1. The van der Waals surface area contributed by atoms with Crippen molar-refractivity contribution in [3.63, 3.8) is 0 Å². The Morgan fingerprint density at radius 1 is 1.36 bits per heavy atom. The van der Waals surface area contributed by atoms with E-state index >= 15 is 0 Å². The number of hydrogen-bond donors (Lipinski definition) is 2. The molecule has 0 atom stereocenters. The van der Waals surface area contributed by atoms with Crippen LogP contribution in [0.15, 0.2) is 29.6 Å². The fraction of sp³-hybridized carbons (Fsp3) is 0.267. The SMILES string of the molecule is N#CN[C@H]1C[C@H](C(=O)Nc2nc(-c3ccc(Cl)cc3)cs2)C1. The average Bonchev–Trinajstić information content (AvgIpc) is 2.91. The van der Waals surface area contributed by atoms with Gasteiger partial charge in [-0.15, -0.1) is 11.3 Å². The van der Waals surface area contributed by atoms with Crippen LogP contribution in [0.1, 0.15) is 12.8 Å². The molecule has 1 heterocycles. The van der Waals surface area contributed by atoms with Gasteiger partial charge in [-0.3, -0.25) is 4.79 Å². The summed E-state index contributed by atoms with van der Waals surface area (Å²) in [6.07, 6.45) is 3.28. The highest BCUT2D eigenvalue weighted by molar-refractivity contribution is 7.14. The van der Waals surface area contributed by atoms with Crippen LogP contribution < -0.4 is 10.6 Å². The van der Waals surface area contributed by atoms with Gasteiger partial charge in [-0.25, -0.2) is 4.98 Å². The smallest absolute Gasteiger partial charge is 0.229 e. The molecule has 1 aromatic carbocycles. The van der Waals surface area contributed by atoms with E-state index in [1.165, 1.54) is 11.3 Å². The van der Waals surface area contributed by atoms with Crippen molar-refractivity contribution >= 4 is 34.0 Å². The summed E-state index contributed by atoms with van der Waals surface area (Å²) in [6, 6.07) is 7.54. The van der Waals surface area contributed by atoms with E-state index in [2.05, 4.69) is 15.6 Å². The number of amides is 1. The minimum Gasteiger partial charge on any atom is -0.321 e. The standard InChI is InChI=1S/C15H13ClN4OS/c16-11-3-1-9(2-4-11)13-7-22-15(19-13)20-14(21)10-5-12(6-10)18-8-17/h1-4,7,10,12,18H,5-6H2,(H,19,20,21)/t10-,12-. The van der Waals surface area contributed by atoms with Gasteiger partial charge in [-0.2, -0.15) is 5.26 Å². The zero-order chi connectivity index (χ0) is 15.5. The van der Waals surface area contributed by atoms with Gasteiger partial charge in [-0.1, -0.05) is 23.7 Å². The minimum absolute atomic E-state index is 0.0343. The van der Waals surface area contributed by atoms with Crippen LogP contribution in [0.25, 0.3) is 11.3 Å². The van der Waals surface area contributed by atoms with Crippen LogP contribution in [0.5, 0.6) is 0 Å². The van der Waals surface area contributed by atoms with E-state index in [1.807, 2.05) is 35.8 Å². The van der Waals surface area contributed by atoms with E-state index < -0.39 is 0 Å². The molecule has 2 aromatic rings. The Bertz CT molecular complexity index is 716. The summed E-state index contributed by atoms with van der Waals surface area (Å²) in [5, 5.41) is 17.2. The highest BCUT2D eigenvalue weighted by Crippen LogP contribution is 2.30. The number of benzene rings is 1. The number of nitrogens with one attached hydrogen (secondary N) is 2. The minimum atomic E-state index is -0.0475. The quantitative estimate of drug-likeness (QED) is 0.665. The van der Waals surface area contributed by atoms with Gasteiger partial charge >= 0.3 is 0 Å². The van der Waals surface area contributed by atoms with Crippen molar-refractivity contribution in [1.29, 1.82) is 5.26 Å². The Balaban J connectivity index is 1.59. The summed E-state index contributed by atoms with van der Waals surface area (Å²) in [5.41, 5.74) is 1.78. The van der Waals surface area contributed by atoms with Crippen LogP contribution in [0.4, 0.5) is 5.13 Å². The van der Waals surface area contributed by atoms with Crippen molar-refractivity contribution in [3.05, 3.63) is 34.7 Å². The fourth-order valence-electron chi connectivity index (χ4n) is 2.33. The second-order valence-corrected chi connectivity index (χ2v) is 6.45. The predicted molar refractivity (Wildman–Crippen MR) is 86.5 cm³/mol. The van der Waals surface area contributed by atoms with Gasteiger partial charge in [-0.05, 0) is 25.0 Å². The van der Waals surface area contributed by atoms with Gasteiger partial charge in [0.15, 0.2) is 11.3 Å². The van der Waals surface area contributed by atoms with Crippen molar-refractivity contribution in [3.8, 4) is 17.5 Å². The summed E-state index contributed by atoms with van der Waals surface area (Å²) in [4.78, 5) is 16.5. The summed E-state index contributed by atoms with van der Waals surface area (Å²) in [6.45, 7) is 0. The molecule has 0 unspecified atom stereocenters. The fourth-order valence-corrected chi connectivity index (χ4v) is 3.18. The van der Waals surface area contributed by atoms with Gasteiger partial charge in [0.25, 0.3) is 0 Å². The van der Waals surface area contributed by atoms with Gasteiger partial charge in [0.2, 0.25) is 5.91 Å². The lowest BCUT2D eigenvalue weighted by molar-refractivity contribution is -0.122. The molecule has 1 fully saturated rings. The van der Waals surface area contributed by atoms with E-state index in [0.717, 1.165) is 11.3 Å². The number of anilines is 1. The molecule has 1 aliphatic carbocycles. The average molecular weight is 333 g/mol. The molecule has 0 aliphatic heterocycles. The normalized spacial score (nSPS) is 19.8. The van der Waals surface area contributed by atoms with Gasteiger partial charge in [0.1, 0.15) is 0 Å². The summed E-state index contributed by atoms with van der Waals surface area (Å²) in [7, 11) is 0. The van der Waals surface area contributed by atoms with E-state index in [1.54, 1.807) is 0 Å². The maximum Gasteiger partial charge on any atom is 0.229 e. The second-order valence-electron chi connectivity index (χ2n) is 5.16. The third kappa shape index (κ3) is 3.21. The van der Waals surface area contributed by atoms with Crippen molar-refractivity contribution < 1.29 is 4.79 Å². The van der Waals surface area contributed by atoms with Crippen molar-refractivity contribution in [1.82, 2.24) is 10.3 Å². The number of carbonyl (C=O) groups excluding carboxylic acids is 1. The number of thiazole rings is 1. The number of rotatable bonds is 4. The molecule has 3 rings (SSSR count). The largest absolute Gasteiger partial charge is 0.321 e. The van der Waals surface area contributed by atoms with E-state index in [9.17, 15) is 4.79 Å². The maximum atomic E-state index is 12.1. The van der Waals surface area contributed by atoms with Crippen LogP contribution in [-0.2, 0) is 4.79 Å². The topological polar surface area (TPSA) is 77.8 Å². The van der Waals surface area contributed by atoms with Crippen molar-refractivity contribution in [2.45, 2.75) is 18.9 Å². The van der Waals surface area contributed by atoms with E-state index in [0.29, 0.717) is 23.0 Å². The van der Waals surface area contributed by atoms with Crippen LogP contribution >= 0.6 is 22.9 Å². The molecule has 22 heavy (non-hydrogen) atoms. The number of aromatic nitrogens is 1. The number of nitrogens with zero attached hydrogens (tertiary/aromatic N) is 2. The molecular formula is C15H13ClN4OS. The van der Waals surface area contributed by atoms with Crippen LogP contribution in [-0.4, -0.2) is 16.9 Å². The molecule has 0 saturated heterocycles. The van der Waals surface area contributed by atoms with E-state index in [4.69, 9.17) is 16.9 Å². The van der Waals surface area contributed by atoms with Gasteiger partial charge in [0.05, 0.1) is 5.69 Å². The molecule has 112 valence electrons. The van der Waals surface area contributed by atoms with Gasteiger partial charge in [0, 0.05) is 27.9 Å². The first kappa shape index (κ1) is 14.8. The molecular weight excluding hydrogens is 320 g/mol. The highest BCUT2D eigenvalue weighted by atomic mass is 35.5. The molecule has 0 spiro atoms. The molecule has 1 amide bonds. The van der Waals surface area contributed by atoms with Crippen molar-refractivity contribution in [2.24, 2.45) is 5.92 Å². The number of hydrogen-bond acceptors (Lipinski definition) is 5. The van der Waals surface area contributed by atoms with E-state index in [-0.39, 0.29) is 17.9 Å². The lowest BCUT2D eigenvalue weighted by atomic mass is 9.80. The zero-order valence-corrected chi connectivity index (χ0v) is 13.1. The molecule has 1 aromatic heterocycles. The Morgan fingerprint density at radius 2 is 2.09 bits per heavy atom. The second kappa shape index (κ2) is 6.34. The molecule has 1 saturated carbocycles. The van der Waals surface area contributed by atoms with Crippen LogP contribution in [0, 0.1) is 17.4 Å². The third-order valence-corrected chi connectivity index (χ3v) is 4.66. The highest BCUT2D eigenvalue weighted by Gasteiger charge is 2.34. The van der Waals surface area contributed by atoms with Crippen LogP contribution in [0.2, 0.25) is 5.02 Å². The first-order chi connectivity index (χ1) is 10.7. The molecule has 0 radical (unpaired) electrons. The number of carbonyl (C=O) groups is 1. The Kier molecular flexibility index (Phi) is 4.27. The van der Waals surface area contributed by atoms with Crippen molar-refractivity contribution in [2.75, 3.05) is 5.32 Å². The molecule has 1 aliphatic rings. The number of halogens is 1. The first-order valence-corrected chi connectivity index (χ1v) is 8.08. The Morgan fingerprint density at radius 3 is 2.77 bits per heavy atom. The summed E-state index contributed by atoms with van der Waals surface area (Å²) < 4.78 is 0. The molecule has 2 N–H and O–H groups in total. The lowest BCUT2D eigenvalue weighted by Gasteiger charge is -2.32. The zero-order valence-electron chi connectivity index (χ0n) is 11.5. The summed E-state index contributed by atoms with van der Waals surface area (Å²) in [5.74, 6) is -0.0817. The summed E-state index contributed by atoms with van der Waals surface area (Å²) >= 11 is 7.26. The third-order valence-electron chi connectivity index (χ3n) is 3.65. The van der Waals surface area contributed by atoms with Gasteiger partial charge < -0.3 is 10.6 Å².